The Morgan fingerprint density at radius 3 is 2.61 bits per heavy atom. The molecule has 0 spiro atoms. The summed E-state index contributed by atoms with van der Waals surface area (Å²) in [4.78, 5) is 25.4. The minimum atomic E-state index is -0.214. The molecule has 2 amide bonds. The Morgan fingerprint density at radius 1 is 1.17 bits per heavy atom. The minimum Gasteiger partial charge on any atom is -0.486 e. The lowest BCUT2D eigenvalue weighted by molar-refractivity contribution is -0.132. The number of carbonyl (C=O) groups excluding carboxylic acids is 2. The molecule has 0 fully saturated rings. The third kappa shape index (κ3) is 5.16. The van der Waals surface area contributed by atoms with Crippen molar-refractivity contribution < 1.29 is 19.1 Å². The van der Waals surface area contributed by atoms with Crippen LogP contribution in [0.15, 0.2) is 18.2 Å². The lowest BCUT2D eigenvalue weighted by atomic mass is 10.2. The quantitative estimate of drug-likeness (QED) is 0.784. The SMILES string of the molecule is CCCCCN(CC(=O)Nc1ccc2c(c1)OCCO2)C(C)=O. The van der Waals surface area contributed by atoms with Crippen molar-refractivity contribution in [2.45, 2.75) is 33.1 Å². The number of benzene rings is 1. The molecule has 0 bridgehead atoms. The second-order valence-electron chi connectivity index (χ2n) is 5.55. The summed E-state index contributed by atoms with van der Waals surface area (Å²) in [5.74, 6) is 1.01. The highest BCUT2D eigenvalue weighted by Crippen LogP contribution is 2.32. The smallest absolute Gasteiger partial charge is 0.243 e. The van der Waals surface area contributed by atoms with Crippen LogP contribution in [0.4, 0.5) is 5.69 Å². The molecule has 0 atom stereocenters. The molecule has 126 valence electrons. The fraction of sp³-hybridized carbons (Fsp3) is 0.529. The van der Waals surface area contributed by atoms with Gasteiger partial charge in [0.25, 0.3) is 0 Å². The van der Waals surface area contributed by atoms with Gasteiger partial charge in [-0.25, -0.2) is 0 Å². The molecule has 1 aromatic carbocycles. The third-order valence-electron chi connectivity index (χ3n) is 3.64. The Bertz CT molecular complexity index is 560. The molecule has 1 aromatic rings. The molecule has 0 saturated heterocycles. The van der Waals surface area contributed by atoms with Crippen molar-refractivity contribution in [3.05, 3.63) is 18.2 Å². The Morgan fingerprint density at radius 2 is 1.91 bits per heavy atom. The van der Waals surface area contributed by atoms with Crippen LogP contribution in [-0.4, -0.2) is 43.0 Å². The van der Waals surface area contributed by atoms with Crippen LogP contribution in [0, 0.1) is 0 Å². The van der Waals surface area contributed by atoms with E-state index in [9.17, 15) is 9.59 Å². The number of rotatable bonds is 7. The van der Waals surface area contributed by atoms with Gasteiger partial charge >= 0.3 is 0 Å². The fourth-order valence-electron chi connectivity index (χ4n) is 2.40. The molecule has 0 unspecified atom stereocenters. The number of hydrogen-bond donors (Lipinski definition) is 1. The number of amides is 2. The molecule has 23 heavy (non-hydrogen) atoms. The highest BCUT2D eigenvalue weighted by atomic mass is 16.6. The van der Waals surface area contributed by atoms with Gasteiger partial charge in [-0.1, -0.05) is 19.8 Å². The third-order valence-corrected chi connectivity index (χ3v) is 3.64. The van der Waals surface area contributed by atoms with Crippen LogP contribution in [0.1, 0.15) is 33.1 Å². The molecular weight excluding hydrogens is 296 g/mol. The van der Waals surface area contributed by atoms with Gasteiger partial charge in [0.2, 0.25) is 11.8 Å². The second kappa shape index (κ2) is 8.41. The fourth-order valence-corrected chi connectivity index (χ4v) is 2.40. The van der Waals surface area contributed by atoms with E-state index in [1.54, 1.807) is 23.1 Å². The van der Waals surface area contributed by atoms with Crippen molar-refractivity contribution in [3.63, 3.8) is 0 Å². The standard InChI is InChI=1S/C17H24N2O4/c1-3-4-5-8-19(13(2)20)12-17(21)18-14-6-7-15-16(11-14)23-10-9-22-15/h6-7,11H,3-5,8-10,12H2,1-2H3,(H,18,21). The lowest BCUT2D eigenvalue weighted by Crippen LogP contribution is -2.37. The molecule has 6 heteroatoms. The van der Waals surface area contributed by atoms with Gasteiger partial charge in [0, 0.05) is 25.2 Å². The van der Waals surface area contributed by atoms with Crippen LogP contribution in [0.5, 0.6) is 11.5 Å². The maximum atomic E-state index is 12.2. The van der Waals surface area contributed by atoms with Gasteiger partial charge in [-0.3, -0.25) is 9.59 Å². The molecule has 1 aliphatic rings. The van der Waals surface area contributed by atoms with Crippen molar-refractivity contribution in [1.82, 2.24) is 4.90 Å². The van der Waals surface area contributed by atoms with Crippen LogP contribution in [-0.2, 0) is 9.59 Å². The molecule has 0 aliphatic carbocycles. The minimum absolute atomic E-state index is 0.0630. The number of anilines is 1. The number of carbonyl (C=O) groups is 2. The zero-order valence-corrected chi connectivity index (χ0v) is 13.8. The number of fused-ring (bicyclic) bond motifs is 1. The zero-order chi connectivity index (χ0) is 16.7. The van der Waals surface area contributed by atoms with E-state index in [0.717, 1.165) is 19.3 Å². The van der Waals surface area contributed by atoms with Gasteiger partial charge in [-0.05, 0) is 18.6 Å². The summed E-state index contributed by atoms with van der Waals surface area (Å²) < 4.78 is 10.9. The molecule has 1 aliphatic heterocycles. The van der Waals surface area contributed by atoms with Crippen LogP contribution in [0.25, 0.3) is 0 Å². The van der Waals surface area contributed by atoms with E-state index < -0.39 is 0 Å². The van der Waals surface area contributed by atoms with Crippen molar-refractivity contribution in [1.29, 1.82) is 0 Å². The molecule has 1 N–H and O–H groups in total. The van der Waals surface area contributed by atoms with Crippen LogP contribution < -0.4 is 14.8 Å². The maximum absolute atomic E-state index is 12.2. The second-order valence-corrected chi connectivity index (χ2v) is 5.55. The van der Waals surface area contributed by atoms with E-state index in [-0.39, 0.29) is 18.4 Å². The van der Waals surface area contributed by atoms with E-state index in [4.69, 9.17) is 9.47 Å². The van der Waals surface area contributed by atoms with Gasteiger partial charge in [-0.15, -0.1) is 0 Å². The number of nitrogens with zero attached hydrogens (tertiary/aromatic N) is 1. The topological polar surface area (TPSA) is 67.9 Å². The summed E-state index contributed by atoms with van der Waals surface area (Å²) in [6.45, 7) is 5.30. The summed E-state index contributed by atoms with van der Waals surface area (Å²) in [5, 5.41) is 2.80. The number of ether oxygens (including phenoxy) is 2. The molecule has 6 nitrogen and oxygen atoms in total. The Labute approximate surface area is 136 Å². The Hall–Kier alpha value is -2.24. The summed E-state index contributed by atoms with van der Waals surface area (Å²) in [5.41, 5.74) is 0.635. The molecule has 2 rings (SSSR count). The number of hydrogen-bond acceptors (Lipinski definition) is 4. The van der Waals surface area contributed by atoms with Gasteiger partial charge in [0.05, 0.1) is 6.54 Å². The van der Waals surface area contributed by atoms with Gasteiger partial charge in [0.15, 0.2) is 11.5 Å². The Balaban J connectivity index is 1.91. The largest absolute Gasteiger partial charge is 0.486 e. The maximum Gasteiger partial charge on any atom is 0.243 e. The van der Waals surface area contributed by atoms with Crippen molar-refractivity contribution >= 4 is 17.5 Å². The molecule has 0 saturated carbocycles. The zero-order valence-electron chi connectivity index (χ0n) is 13.8. The van der Waals surface area contributed by atoms with E-state index in [0.29, 0.717) is 36.9 Å². The summed E-state index contributed by atoms with van der Waals surface area (Å²) in [6.07, 6.45) is 3.04. The predicted octanol–water partition coefficient (Wildman–Crippen LogP) is 2.44. The lowest BCUT2D eigenvalue weighted by Gasteiger charge is -2.21. The summed E-state index contributed by atoms with van der Waals surface area (Å²) in [6, 6.07) is 5.27. The highest BCUT2D eigenvalue weighted by Gasteiger charge is 2.15. The summed E-state index contributed by atoms with van der Waals surface area (Å²) in [7, 11) is 0. The number of nitrogens with one attached hydrogen (secondary N) is 1. The van der Waals surface area contributed by atoms with Crippen molar-refractivity contribution in [3.8, 4) is 11.5 Å². The van der Waals surface area contributed by atoms with Crippen LogP contribution >= 0.6 is 0 Å². The monoisotopic (exact) mass is 320 g/mol. The van der Waals surface area contributed by atoms with Crippen molar-refractivity contribution in [2.24, 2.45) is 0 Å². The van der Waals surface area contributed by atoms with Crippen molar-refractivity contribution in [2.75, 3.05) is 31.6 Å². The first-order valence-corrected chi connectivity index (χ1v) is 8.05. The molecular formula is C17H24N2O4. The predicted molar refractivity (Wildman–Crippen MR) is 87.8 cm³/mol. The van der Waals surface area contributed by atoms with Crippen LogP contribution in [0.3, 0.4) is 0 Å². The first-order valence-electron chi connectivity index (χ1n) is 8.05. The van der Waals surface area contributed by atoms with Gasteiger partial charge in [0.1, 0.15) is 13.2 Å². The molecule has 1 heterocycles. The molecule has 0 radical (unpaired) electrons. The highest BCUT2D eigenvalue weighted by molar-refractivity contribution is 5.94. The average molecular weight is 320 g/mol. The van der Waals surface area contributed by atoms with E-state index >= 15 is 0 Å². The molecule has 0 aromatic heterocycles. The van der Waals surface area contributed by atoms with E-state index in [1.165, 1.54) is 6.92 Å². The van der Waals surface area contributed by atoms with Gasteiger partial charge < -0.3 is 19.7 Å². The van der Waals surface area contributed by atoms with Gasteiger partial charge in [-0.2, -0.15) is 0 Å². The average Bonchev–Trinajstić information content (AvgIpc) is 2.54. The summed E-state index contributed by atoms with van der Waals surface area (Å²) >= 11 is 0. The first-order chi connectivity index (χ1) is 11.1. The number of unbranched alkanes of at least 4 members (excludes halogenated alkanes) is 2. The van der Waals surface area contributed by atoms with E-state index in [2.05, 4.69) is 12.2 Å². The van der Waals surface area contributed by atoms with Crippen LogP contribution in [0.2, 0.25) is 0 Å². The van der Waals surface area contributed by atoms with E-state index in [1.807, 2.05) is 0 Å². The Kier molecular flexibility index (Phi) is 6.26. The first kappa shape index (κ1) is 17.1. The normalized spacial score (nSPS) is 12.6.